The van der Waals surface area contributed by atoms with Crippen LogP contribution in [0.2, 0.25) is 0 Å². The van der Waals surface area contributed by atoms with Gasteiger partial charge in [-0.1, -0.05) is 30.3 Å². The summed E-state index contributed by atoms with van der Waals surface area (Å²) in [5, 5.41) is 11.3. The summed E-state index contributed by atoms with van der Waals surface area (Å²) in [7, 11) is 0. The van der Waals surface area contributed by atoms with E-state index in [2.05, 4.69) is 5.32 Å². The molecule has 1 rings (SSSR count). The maximum absolute atomic E-state index is 13.8. The van der Waals surface area contributed by atoms with Crippen LogP contribution in [-0.2, 0) is 10.7 Å². The zero-order valence-corrected chi connectivity index (χ0v) is 12.9. The number of nitrogens with one attached hydrogen (secondary N) is 1. The first-order chi connectivity index (χ1) is 10.9. The van der Waals surface area contributed by atoms with Gasteiger partial charge in [-0.05, 0) is 13.0 Å². The first-order valence-electron chi connectivity index (χ1n) is 7.58. The van der Waals surface area contributed by atoms with E-state index in [4.69, 9.17) is 9.84 Å². The van der Waals surface area contributed by atoms with Gasteiger partial charge in [0, 0.05) is 24.9 Å². The van der Waals surface area contributed by atoms with Crippen LogP contribution in [0.1, 0.15) is 24.8 Å². The van der Waals surface area contributed by atoms with Crippen LogP contribution in [-0.4, -0.2) is 43.9 Å². The van der Waals surface area contributed by atoms with E-state index in [0.29, 0.717) is 13.1 Å². The number of hydrogen-bond acceptors (Lipinski definition) is 3. The first-order valence-corrected chi connectivity index (χ1v) is 7.58. The molecular formula is C16H23F4NO2. The zero-order valence-electron chi connectivity index (χ0n) is 12.9. The van der Waals surface area contributed by atoms with E-state index < -0.39 is 31.5 Å². The van der Waals surface area contributed by atoms with Gasteiger partial charge in [-0.25, -0.2) is 8.78 Å². The van der Waals surface area contributed by atoms with Crippen molar-refractivity contribution in [3.8, 4) is 0 Å². The van der Waals surface area contributed by atoms with E-state index in [1.165, 1.54) is 24.3 Å². The van der Waals surface area contributed by atoms with Crippen molar-refractivity contribution in [2.24, 2.45) is 0 Å². The van der Waals surface area contributed by atoms with Crippen LogP contribution in [0, 0.1) is 0 Å². The molecule has 3 nitrogen and oxygen atoms in total. The summed E-state index contributed by atoms with van der Waals surface area (Å²) < 4.78 is 59.3. The summed E-state index contributed by atoms with van der Waals surface area (Å²) in [5.74, 6) is -6.13. The van der Waals surface area contributed by atoms with Crippen LogP contribution in [0.15, 0.2) is 30.3 Å². The zero-order chi connectivity index (χ0) is 17.2. The van der Waals surface area contributed by atoms with E-state index in [9.17, 15) is 17.6 Å². The Morgan fingerprint density at radius 2 is 1.70 bits per heavy atom. The van der Waals surface area contributed by atoms with Crippen LogP contribution >= 0.6 is 0 Å². The fraction of sp³-hybridized carbons (Fsp3) is 0.625. The van der Waals surface area contributed by atoms with Crippen LogP contribution in [0.5, 0.6) is 0 Å². The third-order valence-corrected chi connectivity index (χ3v) is 3.28. The number of aliphatic hydroxyl groups is 1. The number of hydrogen-bond donors (Lipinski definition) is 2. The molecule has 0 spiro atoms. The Balaban J connectivity index is 2.22. The highest BCUT2D eigenvalue weighted by Crippen LogP contribution is 2.29. The van der Waals surface area contributed by atoms with Gasteiger partial charge in [0.1, 0.15) is 6.61 Å². The number of aliphatic hydroxyl groups excluding tert-OH is 1. The predicted octanol–water partition coefficient (Wildman–Crippen LogP) is 3.18. The SMILES string of the molecule is OCCNCCCC(F)(F)CCOCC(F)(F)c1ccccc1. The second kappa shape index (κ2) is 9.85. The molecule has 0 aromatic heterocycles. The van der Waals surface area contributed by atoms with Crippen molar-refractivity contribution in [1.82, 2.24) is 5.32 Å². The minimum Gasteiger partial charge on any atom is -0.395 e. The van der Waals surface area contributed by atoms with Crippen LogP contribution in [0.3, 0.4) is 0 Å². The highest BCUT2D eigenvalue weighted by molar-refractivity contribution is 5.19. The molecule has 132 valence electrons. The van der Waals surface area contributed by atoms with Gasteiger partial charge in [-0.2, -0.15) is 8.78 Å². The van der Waals surface area contributed by atoms with Crippen molar-refractivity contribution < 1.29 is 27.4 Å². The lowest BCUT2D eigenvalue weighted by Gasteiger charge is -2.19. The van der Waals surface area contributed by atoms with Crippen molar-refractivity contribution in [2.45, 2.75) is 31.1 Å². The van der Waals surface area contributed by atoms with E-state index in [0.717, 1.165) is 0 Å². The molecule has 0 aliphatic carbocycles. The lowest BCUT2D eigenvalue weighted by Crippen LogP contribution is -2.26. The minimum absolute atomic E-state index is 0.0418. The molecule has 0 amide bonds. The second-order valence-electron chi connectivity index (χ2n) is 5.31. The van der Waals surface area contributed by atoms with Crippen molar-refractivity contribution in [3.05, 3.63) is 35.9 Å². The number of halogens is 4. The van der Waals surface area contributed by atoms with Crippen LogP contribution in [0.4, 0.5) is 17.6 Å². The summed E-state index contributed by atoms with van der Waals surface area (Å²) in [6, 6.07) is 7.15. The molecule has 0 atom stereocenters. The van der Waals surface area contributed by atoms with Crippen LogP contribution in [0.25, 0.3) is 0 Å². The number of rotatable bonds is 12. The summed E-state index contributed by atoms with van der Waals surface area (Å²) in [4.78, 5) is 0. The lowest BCUT2D eigenvalue weighted by atomic mass is 10.1. The van der Waals surface area contributed by atoms with Gasteiger partial charge in [0.15, 0.2) is 0 Å². The smallest absolute Gasteiger partial charge is 0.296 e. The number of alkyl halides is 4. The summed E-state index contributed by atoms with van der Waals surface area (Å²) >= 11 is 0. The molecule has 7 heteroatoms. The molecular weight excluding hydrogens is 314 g/mol. The molecule has 1 aromatic rings. The van der Waals surface area contributed by atoms with Gasteiger partial charge >= 0.3 is 0 Å². The molecule has 0 bridgehead atoms. The standard InChI is InChI=1S/C16H23F4NO2/c17-15(18,7-4-9-21-10-11-22)8-12-23-13-16(19,20)14-5-2-1-3-6-14/h1-3,5-6,21-22H,4,7-13H2. The van der Waals surface area contributed by atoms with Gasteiger partial charge in [-0.15, -0.1) is 0 Å². The topological polar surface area (TPSA) is 41.5 Å². The average molecular weight is 337 g/mol. The van der Waals surface area contributed by atoms with Gasteiger partial charge < -0.3 is 15.2 Å². The highest BCUT2D eigenvalue weighted by atomic mass is 19.3. The van der Waals surface area contributed by atoms with Crippen molar-refractivity contribution >= 4 is 0 Å². The van der Waals surface area contributed by atoms with Gasteiger partial charge in [0.25, 0.3) is 5.92 Å². The Morgan fingerprint density at radius 3 is 2.35 bits per heavy atom. The third kappa shape index (κ3) is 8.29. The monoisotopic (exact) mass is 337 g/mol. The summed E-state index contributed by atoms with van der Waals surface area (Å²) in [6.45, 7) is -0.628. The quantitative estimate of drug-likeness (QED) is 0.455. The average Bonchev–Trinajstić information content (AvgIpc) is 2.52. The largest absolute Gasteiger partial charge is 0.395 e. The van der Waals surface area contributed by atoms with E-state index in [1.807, 2.05) is 0 Å². The Morgan fingerprint density at radius 1 is 1.00 bits per heavy atom. The molecule has 0 radical (unpaired) electrons. The fourth-order valence-electron chi connectivity index (χ4n) is 1.99. The molecule has 0 saturated heterocycles. The first kappa shape index (κ1) is 19.9. The second-order valence-corrected chi connectivity index (χ2v) is 5.31. The normalized spacial score (nSPS) is 12.6. The van der Waals surface area contributed by atoms with E-state index in [-0.39, 0.29) is 25.0 Å². The van der Waals surface area contributed by atoms with Gasteiger partial charge in [0.05, 0.1) is 13.2 Å². The maximum atomic E-state index is 13.8. The Kier molecular flexibility index (Phi) is 8.51. The molecule has 2 N–H and O–H groups in total. The Hall–Kier alpha value is -1.18. The number of benzene rings is 1. The molecule has 23 heavy (non-hydrogen) atoms. The molecule has 0 saturated carbocycles. The van der Waals surface area contributed by atoms with Gasteiger partial charge in [0.2, 0.25) is 5.92 Å². The van der Waals surface area contributed by atoms with Crippen LogP contribution < -0.4 is 5.32 Å². The van der Waals surface area contributed by atoms with Crippen molar-refractivity contribution in [3.63, 3.8) is 0 Å². The maximum Gasteiger partial charge on any atom is 0.296 e. The highest BCUT2D eigenvalue weighted by Gasteiger charge is 2.33. The minimum atomic E-state index is -3.19. The summed E-state index contributed by atoms with van der Waals surface area (Å²) in [5.41, 5.74) is -0.193. The lowest BCUT2D eigenvalue weighted by molar-refractivity contribution is -0.100. The van der Waals surface area contributed by atoms with E-state index >= 15 is 0 Å². The third-order valence-electron chi connectivity index (χ3n) is 3.28. The molecule has 0 fully saturated rings. The van der Waals surface area contributed by atoms with Crippen molar-refractivity contribution in [2.75, 3.05) is 32.9 Å². The van der Waals surface area contributed by atoms with E-state index in [1.54, 1.807) is 6.07 Å². The molecule has 0 unspecified atom stereocenters. The summed E-state index contributed by atoms with van der Waals surface area (Å²) in [6.07, 6.45) is -0.686. The van der Waals surface area contributed by atoms with Crippen molar-refractivity contribution in [1.29, 1.82) is 0 Å². The number of ether oxygens (including phenoxy) is 1. The predicted molar refractivity (Wildman–Crippen MR) is 79.9 cm³/mol. The van der Waals surface area contributed by atoms with Gasteiger partial charge in [-0.3, -0.25) is 0 Å². The molecule has 0 aliphatic rings. The molecule has 0 aliphatic heterocycles. The molecule has 1 aromatic carbocycles. The Bertz CT molecular complexity index is 429. The molecule has 0 heterocycles. The fourth-order valence-corrected chi connectivity index (χ4v) is 1.99. The Labute approximate surface area is 133 Å².